The Morgan fingerprint density at radius 2 is 1.28 bits per heavy atom. The van der Waals surface area contributed by atoms with Gasteiger partial charge in [-0.05, 0) is 113 Å². The first-order valence-electron chi connectivity index (χ1n) is 15.2. The summed E-state index contributed by atoms with van der Waals surface area (Å²) >= 11 is 0. The predicted octanol–water partition coefficient (Wildman–Crippen LogP) is 5.63. The smallest absolute Gasteiger partial charge is 0.309 e. The van der Waals surface area contributed by atoms with E-state index in [0.29, 0.717) is 24.9 Å². The van der Waals surface area contributed by atoms with E-state index in [1.165, 1.54) is 0 Å². The Hall–Kier alpha value is -1.22. The zero-order chi connectivity index (χ0) is 29.0. The summed E-state index contributed by atoms with van der Waals surface area (Å²) in [6, 6.07) is 0. The fraction of sp³-hybridized carbons (Fsp3) is 0.935. The van der Waals surface area contributed by atoms with Gasteiger partial charge in [0.1, 0.15) is 13.2 Å². The Bertz CT molecular complexity index is 810. The van der Waals surface area contributed by atoms with E-state index in [1.54, 1.807) is 0 Å². The van der Waals surface area contributed by atoms with Crippen LogP contribution in [0.4, 0.5) is 0 Å². The molecule has 8 unspecified atom stereocenters. The summed E-state index contributed by atoms with van der Waals surface area (Å²) in [5, 5.41) is 0. The van der Waals surface area contributed by atoms with Crippen molar-refractivity contribution in [1.29, 1.82) is 0 Å². The first kappa shape index (κ1) is 32.3. The van der Waals surface area contributed by atoms with Crippen LogP contribution in [-0.4, -0.2) is 73.0 Å². The van der Waals surface area contributed by atoms with Crippen molar-refractivity contribution in [2.24, 2.45) is 17.8 Å². The standard InChI is InChI=1S/C31H54O8/c1-19(2)36-21(5)17-34-28(32)24-12-10-23(16-25(24)29(33)35-18-22(6)37-20(3)4)11-13-27-31(9,39-27)15-14-26-30(7,8)38-26/h19-27H,10-18H2,1-9H3. The maximum Gasteiger partial charge on any atom is 0.309 e. The van der Waals surface area contributed by atoms with Gasteiger partial charge >= 0.3 is 11.9 Å². The highest BCUT2D eigenvalue weighted by atomic mass is 16.6. The first-order valence-corrected chi connectivity index (χ1v) is 15.2. The number of carbonyl (C=O) groups excluding carboxylic acids is 2. The molecule has 0 amide bonds. The lowest BCUT2D eigenvalue weighted by molar-refractivity contribution is -0.168. The number of epoxide rings is 2. The van der Waals surface area contributed by atoms with Gasteiger partial charge in [0.25, 0.3) is 0 Å². The van der Waals surface area contributed by atoms with Gasteiger partial charge in [0, 0.05) is 0 Å². The second-order valence-corrected chi connectivity index (χ2v) is 13.4. The normalized spacial score (nSPS) is 33.1. The van der Waals surface area contributed by atoms with E-state index in [1.807, 2.05) is 41.5 Å². The summed E-state index contributed by atoms with van der Waals surface area (Å²) in [5.74, 6) is -1.31. The molecule has 8 heteroatoms. The fourth-order valence-electron chi connectivity index (χ4n) is 6.10. The second-order valence-electron chi connectivity index (χ2n) is 13.4. The lowest BCUT2D eigenvalue weighted by atomic mass is 9.72. The number of ether oxygens (including phenoxy) is 6. The van der Waals surface area contributed by atoms with Crippen molar-refractivity contribution < 1.29 is 38.0 Å². The van der Waals surface area contributed by atoms with Crippen molar-refractivity contribution in [3.63, 3.8) is 0 Å². The molecular formula is C31H54O8. The monoisotopic (exact) mass is 554 g/mol. The van der Waals surface area contributed by atoms with Gasteiger partial charge in [0.2, 0.25) is 0 Å². The molecule has 0 N–H and O–H groups in total. The van der Waals surface area contributed by atoms with Crippen molar-refractivity contribution in [2.45, 2.75) is 155 Å². The molecule has 8 nitrogen and oxygen atoms in total. The third-order valence-corrected chi connectivity index (χ3v) is 8.43. The van der Waals surface area contributed by atoms with Gasteiger partial charge in [-0.15, -0.1) is 0 Å². The average molecular weight is 555 g/mol. The van der Waals surface area contributed by atoms with E-state index in [-0.39, 0.29) is 66.9 Å². The molecule has 39 heavy (non-hydrogen) atoms. The fourth-order valence-corrected chi connectivity index (χ4v) is 6.10. The summed E-state index contributed by atoms with van der Waals surface area (Å²) in [7, 11) is 0. The van der Waals surface area contributed by atoms with Crippen LogP contribution in [0.5, 0.6) is 0 Å². The topological polar surface area (TPSA) is 96.1 Å². The van der Waals surface area contributed by atoms with Crippen LogP contribution in [-0.2, 0) is 38.0 Å². The molecule has 0 spiro atoms. The highest BCUT2D eigenvalue weighted by Crippen LogP contribution is 2.48. The highest BCUT2D eigenvalue weighted by Gasteiger charge is 2.55. The molecule has 3 aliphatic rings. The van der Waals surface area contributed by atoms with Crippen molar-refractivity contribution in [2.75, 3.05) is 13.2 Å². The molecule has 2 saturated heterocycles. The van der Waals surface area contributed by atoms with Gasteiger partial charge in [-0.1, -0.05) is 0 Å². The number of hydrogen-bond acceptors (Lipinski definition) is 8. The molecule has 0 aromatic carbocycles. The van der Waals surface area contributed by atoms with Crippen LogP contribution in [0.15, 0.2) is 0 Å². The van der Waals surface area contributed by atoms with E-state index in [0.717, 1.165) is 32.1 Å². The van der Waals surface area contributed by atoms with Gasteiger partial charge in [0.05, 0.1) is 59.7 Å². The summed E-state index contributed by atoms with van der Waals surface area (Å²) in [6.07, 6.45) is 6.42. The van der Waals surface area contributed by atoms with Crippen LogP contribution in [0.2, 0.25) is 0 Å². The molecule has 8 atom stereocenters. The predicted molar refractivity (Wildman–Crippen MR) is 148 cm³/mol. The Labute approximate surface area is 236 Å². The second kappa shape index (κ2) is 13.6. The number of hydrogen-bond donors (Lipinski definition) is 0. The largest absolute Gasteiger partial charge is 0.463 e. The molecule has 2 heterocycles. The molecule has 3 rings (SSSR count). The van der Waals surface area contributed by atoms with Crippen LogP contribution in [0.25, 0.3) is 0 Å². The van der Waals surface area contributed by atoms with E-state index < -0.39 is 11.8 Å². The number of esters is 2. The van der Waals surface area contributed by atoms with Crippen LogP contribution in [0.1, 0.15) is 107 Å². The molecule has 0 bridgehead atoms. The van der Waals surface area contributed by atoms with Gasteiger partial charge < -0.3 is 28.4 Å². The Morgan fingerprint density at radius 1 is 0.744 bits per heavy atom. The van der Waals surface area contributed by atoms with Crippen LogP contribution in [0, 0.1) is 17.8 Å². The van der Waals surface area contributed by atoms with E-state index >= 15 is 0 Å². The molecule has 0 aromatic heterocycles. The van der Waals surface area contributed by atoms with Crippen molar-refractivity contribution in [3.05, 3.63) is 0 Å². The molecule has 0 aromatic rings. The quantitative estimate of drug-likeness (QED) is 0.179. The van der Waals surface area contributed by atoms with E-state index in [9.17, 15) is 9.59 Å². The van der Waals surface area contributed by atoms with Gasteiger partial charge in [0.15, 0.2) is 0 Å². The lowest BCUT2D eigenvalue weighted by Crippen LogP contribution is -2.39. The Morgan fingerprint density at radius 3 is 1.79 bits per heavy atom. The number of rotatable bonds is 16. The van der Waals surface area contributed by atoms with Gasteiger partial charge in [-0.3, -0.25) is 9.59 Å². The minimum atomic E-state index is -0.510. The Balaban J connectivity index is 1.51. The molecule has 226 valence electrons. The summed E-state index contributed by atoms with van der Waals surface area (Å²) < 4.78 is 34.5. The van der Waals surface area contributed by atoms with E-state index in [2.05, 4.69) is 20.8 Å². The molecule has 2 aliphatic heterocycles. The van der Waals surface area contributed by atoms with Gasteiger partial charge in [-0.2, -0.15) is 0 Å². The molecule has 0 radical (unpaired) electrons. The zero-order valence-corrected chi connectivity index (χ0v) is 25.8. The Kier molecular flexibility index (Phi) is 11.3. The summed E-state index contributed by atoms with van der Waals surface area (Å²) in [5.41, 5.74) is -0.0506. The number of carbonyl (C=O) groups is 2. The third kappa shape index (κ3) is 9.98. The van der Waals surface area contributed by atoms with Crippen molar-refractivity contribution >= 4 is 11.9 Å². The minimum Gasteiger partial charge on any atom is -0.463 e. The average Bonchev–Trinajstić information content (AvgIpc) is 3.70. The first-order chi connectivity index (χ1) is 18.2. The zero-order valence-electron chi connectivity index (χ0n) is 25.8. The maximum absolute atomic E-state index is 13.2. The van der Waals surface area contributed by atoms with Crippen LogP contribution >= 0.6 is 0 Å². The van der Waals surface area contributed by atoms with Crippen molar-refractivity contribution in [1.82, 2.24) is 0 Å². The lowest BCUT2D eigenvalue weighted by Gasteiger charge is -2.34. The minimum absolute atomic E-state index is 0.0162. The van der Waals surface area contributed by atoms with Crippen LogP contribution in [0.3, 0.4) is 0 Å². The highest BCUT2D eigenvalue weighted by molar-refractivity contribution is 5.82. The summed E-state index contributed by atoms with van der Waals surface area (Å²) in [4.78, 5) is 26.3. The van der Waals surface area contributed by atoms with Gasteiger partial charge in [-0.25, -0.2) is 0 Å². The molecule has 3 fully saturated rings. The summed E-state index contributed by atoms with van der Waals surface area (Å²) in [6.45, 7) is 18.4. The molecular weight excluding hydrogens is 500 g/mol. The SMILES string of the molecule is CC(C)OC(C)COC(=O)C1CCC(CCC2OC2(C)CCC2OC2(C)C)CC1C(=O)OCC(C)OC(C)C. The van der Waals surface area contributed by atoms with Crippen molar-refractivity contribution in [3.8, 4) is 0 Å². The molecule has 1 aliphatic carbocycles. The van der Waals surface area contributed by atoms with Crippen LogP contribution < -0.4 is 0 Å². The molecule has 1 saturated carbocycles. The van der Waals surface area contributed by atoms with E-state index in [4.69, 9.17) is 28.4 Å². The maximum atomic E-state index is 13.2. The third-order valence-electron chi connectivity index (χ3n) is 8.43.